The van der Waals surface area contributed by atoms with Crippen molar-refractivity contribution in [3.05, 3.63) is 24.0 Å². The lowest BCUT2D eigenvalue weighted by Gasteiger charge is -2.53. The summed E-state index contributed by atoms with van der Waals surface area (Å²) < 4.78 is 6.21. The van der Waals surface area contributed by atoms with E-state index in [1.807, 2.05) is 13.8 Å². The van der Waals surface area contributed by atoms with E-state index < -0.39 is 0 Å². The van der Waals surface area contributed by atoms with Crippen LogP contribution >= 0.6 is 0 Å². The summed E-state index contributed by atoms with van der Waals surface area (Å²) in [6.45, 7) is 9.84. The third kappa shape index (κ3) is 3.51. The maximum atomic E-state index is 12.6. The number of ether oxygens (including phenoxy) is 1. The van der Waals surface area contributed by atoms with Gasteiger partial charge < -0.3 is 15.4 Å². The summed E-state index contributed by atoms with van der Waals surface area (Å²) in [6.07, 6.45) is 7.22. The number of nitrogens with zero attached hydrogens (tertiary/aromatic N) is 2. The first-order valence-electron chi connectivity index (χ1n) is 11.2. The van der Waals surface area contributed by atoms with Crippen LogP contribution in [0.3, 0.4) is 0 Å². The Balaban J connectivity index is 1.43. The number of carbonyl (C=O) groups is 2. The first-order chi connectivity index (χ1) is 14.3. The predicted molar refractivity (Wildman–Crippen MR) is 113 cm³/mol. The molecule has 2 amide bonds. The zero-order chi connectivity index (χ0) is 21.5. The van der Waals surface area contributed by atoms with Crippen LogP contribution in [0, 0.1) is 28.6 Å². The molecule has 2 bridgehead atoms. The molecule has 2 aliphatic carbocycles. The number of fused-ring (bicyclic) bond motifs is 1. The maximum Gasteiger partial charge on any atom is 0.252 e. The molecule has 2 saturated carbocycles. The van der Waals surface area contributed by atoms with Gasteiger partial charge in [-0.2, -0.15) is 10.2 Å². The Morgan fingerprint density at radius 2 is 2.10 bits per heavy atom. The van der Waals surface area contributed by atoms with Gasteiger partial charge in [0.1, 0.15) is 0 Å². The van der Waals surface area contributed by atoms with Gasteiger partial charge in [-0.25, -0.2) is 0 Å². The van der Waals surface area contributed by atoms with Crippen molar-refractivity contribution in [2.75, 3.05) is 13.2 Å². The van der Waals surface area contributed by atoms with Crippen LogP contribution < -0.4 is 10.6 Å². The van der Waals surface area contributed by atoms with Crippen molar-refractivity contribution < 1.29 is 14.3 Å². The van der Waals surface area contributed by atoms with Crippen molar-refractivity contribution >= 4 is 11.8 Å². The molecular weight excluding hydrogens is 380 g/mol. The van der Waals surface area contributed by atoms with E-state index in [4.69, 9.17) is 4.74 Å². The quantitative estimate of drug-likeness (QED) is 0.746. The van der Waals surface area contributed by atoms with E-state index in [-0.39, 0.29) is 40.7 Å². The Bertz CT molecular complexity index is 797. The van der Waals surface area contributed by atoms with Crippen molar-refractivity contribution in [1.82, 2.24) is 20.8 Å². The van der Waals surface area contributed by atoms with Crippen LogP contribution in [0.2, 0.25) is 0 Å². The van der Waals surface area contributed by atoms with Crippen LogP contribution in [-0.2, 0) is 9.53 Å². The molecule has 3 fully saturated rings. The Labute approximate surface area is 178 Å². The molecule has 7 heteroatoms. The Morgan fingerprint density at radius 3 is 2.80 bits per heavy atom. The second kappa shape index (κ2) is 7.91. The first kappa shape index (κ1) is 21.2. The maximum absolute atomic E-state index is 12.6. The third-order valence-electron chi connectivity index (χ3n) is 7.99. The van der Waals surface area contributed by atoms with E-state index in [0.717, 1.165) is 25.9 Å². The normalized spacial score (nSPS) is 33.9. The number of nitrogens with one attached hydrogen (secondary N) is 2. The van der Waals surface area contributed by atoms with Crippen LogP contribution in [0.4, 0.5) is 0 Å². The number of aromatic nitrogens is 2. The molecule has 1 aromatic heterocycles. The van der Waals surface area contributed by atoms with Crippen molar-refractivity contribution in [2.24, 2.45) is 28.6 Å². The molecule has 30 heavy (non-hydrogen) atoms. The van der Waals surface area contributed by atoms with Crippen molar-refractivity contribution in [3.8, 4) is 0 Å². The van der Waals surface area contributed by atoms with Gasteiger partial charge in [0.25, 0.3) is 5.91 Å². The van der Waals surface area contributed by atoms with E-state index in [1.54, 1.807) is 6.07 Å². The predicted octanol–water partition coefficient (Wildman–Crippen LogP) is 2.58. The lowest BCUT2D eigenvalue weighted by Crippen LogP contribution is -2.60. The smallest absolute Gasteiger partial charge is 0.252 e. The number of rotatable bonds is 6. The molecule has 1 aromatic rings. The van der Waals surface area contributed by atoms with Crippen LogP contribution in [0.15, 0.2) is 18.5 Å². The molecule has 0 aromatic carbocycles. The van der Waals surface area contributed by atoms with E-state index in [1.165, 1.54) is 18.8 Å². The van der Waals surface area contributed by atoms with Crippen LogP contribution in [0.1, 0.15) is 63.7 Å². The molecular formula is C23H34N4O3. The van der Waals surface area contributed by atoms with Gasteiger partial charge in [0.2, 0.25) is 5.91 Å². The fourth-order valence-corrected chi connectivity index (χ4v) is 6.36. The lowest BCUT2D eigenvalue weighted by atomic mass is 9.59. The summed E-state index contributed by atoms with van der Waals surface area (Å²) in [6, 6.07) is 1.85. The summed E-state index contributed by atoms with van der Waals surface area (Å²) in [5, 5.41) is 13.9. The van der Waals surface area contributed by atoms with Crippen LogP contribution in [0.25, 0.3) is 0 Å². The van der Waals surface area contributed by atoms with E-state index in [0.29, 0.717) is 23.9 Å². The minimum Gasteiger partial charge on any atom is -0.378 e. The van der Waals surface area contributed by atoms with Gasteiger partial charge in [0.15, 0.2) is 0 Å². The second-order valence-corrected chi connectivity index (χ2v) is 10.2. The molecule has 1 saturated heterocycles. The fourth-order valence-electron chi connectivity index (χ4n) is 6.36. The highest BCUT2D eigenvalue weighted by molar-refractivity contribution is 5.93. The van der Waals surface area contributed by atoms with Gasteiger partial charge >= 0.3 is 0 Å². The monoisotopic (exact) mass is 414 g/mol. The SMILES string of the molecule is CC(C)C(=O)N[C@H]1C(C)(C)[C@@H]2C[C@@H]3[C@@H](CCNC(=O)c4ccnnc4)OCCC31C2. The number of amides is 2. The largest absolute Gasteiger partial charge is 0.378 e. The van der Waals surface area contributed by atoms with Gasteiger partial charge in [0.05, 0.1) is 24.1 Å². The summed E-state index contributed by atoms with van der Waals surface area (Å²) in [7, 11) is 0. The molecule has 2 heterocycles. The minimum atomic E-state index is -0.133. The molecule has 7 nitrogen and oxygen atoms in total. The topological polar surface area (TPSA) is 93.2 Å². The van der Waals surface area contributed by atoms with Crippen LogP contribution in [0.5, 0.6) is 0 Å². The van der Waals surface area contributed by atoms with Gasteiger partial charge in [-0.05, 0) is 54.4 Å². The van der Waals surface area contributed by atoms with E-state index >= 15 is 0 Å². The lowest BCUT2D eigenvalue weighted by molar-refractivity contribution is -0.138. The van der Waals surface area contributed by atoms with Crippen molar-refractivity contribution in [2.45, 2.75) is 65.5 Å². The first-order valence-corrected chi connectivity index (χ1v) is 11.2. The Morgan fingerprint density at radius 1 is 1.30 bits per heavy atom. The molecule has 2 N–H and O–H groups in total. The number of hydrogen-bond acceptors (Lipinski definition) is 5. The second-order valence-electron chi connectivity index (χ2n) is 10.2. The Kier molecular flexibility index (Phi) is 5.60. The molecule has 0 radical (unpaired) electrons. The highest BCUT2D eigenvalue weighted by Crippen LogP contribution is 2.68. The third-order valence-corrected chi connectivity index (χ3v) is 7.99. The molecule has 164 valence electrons. The zero-order valence-corrected chi connectivity index (χ0v) is 18.5. The highest BCUT2D eigenvalue weighted by atomic mass is 16.5. The van der Waals surface area contributed by atoms with E-state index in [9.17, 15) is 9.59 Å². The van der Waals surface area contributed by atoms with Gasteiger partial charge in [-0.1, -0.05) is 27.7 Å². The summed E-state index contributed by atoms with van der Waals surface area (Å²) in [5.74, 6) is 1.03. The average molecular weight is 415 g/mol. The molecule has 1 unspecified atom stereocenters. The minimum absolute atomic E-state index is 0.0108. The standard InChI is InChI=1S/C23H34N4O3/c1-14(2)19(28)27-21-22(3,4)16-11-17-18(30-10-7-23(17,21)12-16)6-8-24-20(29)15-5-9-25-26-13-15/h5,9,13-14,16-18,21H,6-8,10-12H2,1-4H3,(H,24,29)(H,27,28)/t16-,17-,18-,21+,23?/m1/s1. The molecule has 1 aliphatic heterocycles. The van der Waals surface area contributed by atoms with Gasteiger partial charge in [-0.15, -0.1) is 0 Å². The van der Waals surface area contributed by atoms with Crippen LogP contribution in [-0.4, -0.2) is 47.3 Å². The number of carbonyl (C=O) groups excluding carboxylic acids is 2. The van der Waals surface area contributed by atoms with Gasteiger partial charge in [0, 0.05) is 25.1 Å². The zero-order valence-electron chi connectivity index (χ0n) is 18.5. The fraction of sp³-hybridized carbons (Fsp3) is 0.739. The summed E-state index contributed by atoms with van der Waals surface area (Å²) in [4.78, 5) is 24.9. The molecule has 5 atom stereocenters. The van der Waals surface area contributed by atoms with E-state index in [2.05, 4.69) is 34.7 Å². The average Bonchev–Trinajstić information content (AvgIpc) is 3.21. The highest BCUT2D eigenvalue weighted by Gasteiger charge is 2.68. The van der Waals surface area contributed by atoms with Gasteiger partial charge in [-0.3, -0.25) is 9.59 Å². The summed E-state index contributed by atoms with van der Waals surface area (Å²) in [5.41, 5.74) is 0.732. The van der Waals surface area contributed by atoms with Crippen molar-refractivity contribution in [3.63, 3.8) is 0 Å². The molecule has 3 aliphatic rings. The molecule has 4 rings (SSSR count). The molecule has 1 spiro atoms. The number of hydrogen-bond donors (Lipinski definition) is 2. The van der Waals surface area contributed by atoms with Crippen molar-refractivity contribution in [1.29, 1.82) is 0 Å². The Hall–Kier alpha value is -2.02. The summed E-state index contributed by atoms with van der Waals surface area (Å²) >= 11 is 0.